The predicted molar refractivity (Wildman–Crippen MR) is 245 cm³/mol. The maximum atomic E-state index is 6.48. The summed E-state index contributed by atoms with van der Waals surface area (Å²) in [7, 11) is 0. The summed E-state index contributed by atoms with van der Waals surface area (Å²) in [6.45, 7) is 0. The molecule has 13 rings (SSSR count). The standard InChI is InChI=1S/C56H32O2/c1-2-12-34-27-37(24-21-33(34)11-1)55-43-16-5-7-18-45(43)56(46-19-8-6-17-44(46)55)47-26-25-39(40-13-3-4-14-41(40)47)36-23-22-35-30-52-48(29-38(35)28-36)50-32-53-49(31-54(50)58-52)42-15-9-10-20-51(42)57-53/h1-32H. The fourth-order valence-electron chi connectivity index (χ4n) is 9.75. The predicted octanol–water partition coefficient (Wildman–Crippen LogP) is 16.3. The van der Waals surface area contributed by atoms with E-state index in [1.165, 1.54) is 81.9 Å². The van der Waals surface area contributed by atoms with Crippen LogP contribution in [0, 0.1) is 0 Å². The number of hydrogen-bond acceptors (Lipinski definition) is 2. The number of para-hydroxylation sites is 1. The van der Waals surface area contributed by atoms with Crippen LogP contribution in [0.25, 0.3) is 131 Å². The molecule has 0 unspecified atom stereocenters. The molecule has 0 saturated heterocycles. The molecular formula is C56H32O2. The Hall–Kier alpha value is -7.68. The van der Waals surface area contributed by atoms with Crippen molar-refractivity contribution in [3.8, 4) is 33.4 Å². The number of benzene rings is 11. The Morgan fingerprint density at radius 2 is 0.690 bits per heavy atom. The third-order valence-corrected chi connectivity index (χ3v) is 12.4. The highest BCUT2D eigenvalue weighted by Gasteiger charge is 2.20. The minimum atomic E-state index is 0.872. The molecule has 0 aliphatic carbocycles. The van der Waals surface area contributed by atoms with Crippen LogP contribution in [0.5, 0.6) is 0 Å². The Labute approximate surface area is 332 Å². The van der Waals surface area contributed by atoms with Gasteiger partial charge in [0.2, 0.25) is 0 Å². The van der Waals surface area contributed by atoms with Gasteiger partial charge in [0.25, 0.3) is 0 Å². The van der Waals surface area contributed by atoms with Crippen LogP contribution in [0.15, 0.2) is 203 Å². The highest BCUT2D eigenvalue weighted by molar-refractivity contribution is 6.24. The van der Waals surface area contributed by atoms with Crippen molar-refractivity contribution in [3.63, 3.8) is 0 Å². The quantitative estimate of drug-likeness (QED) is 0.169. The molecular weight excluding hydrogens is 705 g/mol. The molecule has 0 saturated carbocycles. The molecule has 13 aromatic rings. The lowest BCUT2D eigenvalue weighted by Crippen LogP contribution is -1.92. The molecule has 0 aliphatic heterocycles. The van der Waals surface area contributed by atoms with Crippen molar-refractivity contribution in [2.75, 3.05) is 0 Å². The Morgan fingerprint density at radius 1 is 0.224 bits per heavy atom. The van der Waals surface area contributed by atoms with E-state index >= 15 is 0 Å². The van der Waals surface area contributed by atoms with Crippen LogP contribution in [0.1, 0.15) is 0 Å². The average molecular weight is 737 g/mol. The van der Waals surface area contributed by atoms with Gasteiger partial charge in [-0.25, -0.2) is 0 Å². The number of fused-ring (bicyclic) bond motifs is 11. The SMILES string of the molecule is c1ccc2cc(-c3c4ccccc4c(-c4ccc(-c5ccc6cc7oc8cc9c(cc8c7cc6c5)oc5ccccc59)c5ccccc45)c4ccccc34)ccc2c1. The monoisotopic (exact) mass is 736 g/mol. The second kappa shape index (κ2) is 11.9. The molecule has 0 N–H and O–H groups in total. The van der Waals surface area contributed by atoms with Gasteiger partial charge in [0, 0.05) is 21.5 Å². The molecule has 2 heteroatoms. The molecule has 11 aromatic carbocycles. The largest absolute Gasteiger partial charge is 0.456 e. The van der Waals surface area contributed by atoms with Gasteiger partial charge in [-0.1, -0.05) is 152 Å². The van der Waals surface area contributed by atoms with Crippen molar-refractivity contribution < 1.29 is 8.83 Å². The van der Waals surface area contributed by atoms with Gasteiger partial charge in [0.1, 0.15) is 22.3 Å². The third-order valence-electron chi connectivity index (χ3n) is 12.4. The van der Waals surface area contributed by atoms with Crippen LogP contribution in [0.3, 0.4) is 0 Å². The summed E-state index contributed by atoms with van der Waals surface area (Å²) in [5, 5.41) is 16.6. The van der Waals surface area contributed by atoms with E-state index in [2.05, 4.69) is 182 Å². The van der Waals surface area contributed by atoms with Crippen LogP contribution in [-0.2, 0) is 0 Å². The highest BCUT2D eigenvalue weighted by Crippen LogP contribution is 2.47. The van der Waals surface area contributed by atoms with E-state index < -0.39 is 0 Å². The summed E-state index contributed by atoms with van der Waals surface area (Å²) in [6, 6.07) is 70.7. The van der Waals surface area contributed by atoms with Crippen molar-refractivity contribution in [2.45, 2.75) is 0 Å². The van der Waals surface area contributed by atoms with Gasteiger partial charge in [-0.2, -0.15) is 0 Å². The van der Waals surface area contributed by atoms with E-state index in [9.17, 15) is 0 Å². The second-order valence-electron chi connectivity index (χ2n) is 15.6. The van der Waals surface area contributed by atoms with Crippen molar-refractivity contribution in [1.82, 2.24) is 0 Å². The number of furan rings is 2. The Morgan fingerprint density at radius 3 is 1.43 bits per heavy atom. The molecule has 2 nitrogen and oxygen atoms in total. The van der Waals surface area contributed by atoms with Crippen molar-refractivity contribution in [2.24, 2.45) is 0 Å². The van der Waals surface area contributed by atoms with Gasteiger partial charge >= 0.3 is 0 Å². The van der Waals surface area contributed by atoms with E-state index in [4.69, 9.17) is 8.83 Å². The lowest BCUT2D eigenvalue weighted by molar-refractivity contribution is 0.664. The first-order chi connectivity index (χ1) is 28.7. The van der Waals surface area contributed by atoms with E-state index in [1.54, 1.807) is 0 Å². The molecule has 268 valence electrons. The van der Waals surface area contributed by atoms with Gasteiger partial charge in [-0.15, -0.1) is 0 Å². The fourth-order valence-corrected chi connectivity index (χ4v) is 9.75. The van der Waals surface area contributed by atoms with E-state index in [0.29, 0.717) is 0 Å². The summed E-state index contributed by atoms with van der Waals surface area (Å²) < 4.78 is 12.8. The van der Waals surface area contributed by atoms with Gasteiger partial charge < -0.3 is 8.83 Å². The topological polar surface area (TPSA) is 26.3 Å². The smallest absolute Gasteiger partial charge is 0.136 e. The van der Waals surface area contributed by atoms with Crippen LogP contribution in [-0.4, -0.2) is 0 Å². The normalized spacial score (nSPS) is 12.1. The van der Waals surface area contributed by atoms with Crippen molar-refractivity contribution >= 4 is 97.7 Å². The summed E-state index contributed by atoms with van der Waals surface area (Å²) >= 11 is 0. The second-order valence-corrected chi connectivity index (χ2v) is 15.6. The lowest BCUT2D eigenvalue weighted by Gasteiger charge is -2.20. The highest BCUT2D eigenvalue weighted by atomic mass is 16.3. The van der Waals surface area contributed by atoms with Crippen LogP contribution < -0.4 is 0 Å². The van der Waals surface area contributed by atoms with Crippen LogP contribution >= 0.6 is 0 Å². The molecule has 2 aromatic heterocycles. The summed E-state index contributed by atoms with van der Waals surface area (Å²) in [5.41, 5.74) is 10.9. The Balaban J connectivity index is 0.998. The van der Waals surface area contributed by atoms with Crippen molar-refractivity contribution in [1.29, 1.82) is 0 Å². The fraction of sp³-hybridized carbons (Fsp3) is 0. The first-order valence-corrected chi connectivity index (χ1v) is 19.9. The molecule has 0 fully saturated rings. The molecule has 0 amide bonds. The maximum absolute atomic E-state index is 6.48. The molecule has 2 heterocycles. The molecule has 0 spiro atoms. The Bertz CT molecular complexity index is 3800. The number of rotatable bonds is 3. The summed E-state index contributed by atoms with van der Waals surface area (Å²) in [6.07, 6.45) is 0. The van der Waals surface area contributed by atoms with Gasteiger partial charge in [0.15, 0.2) is 0 Å². The van der Waals surface area contributed by atoms with E-state index in [-0.39, 0.29) is 0 Å². The van der Waals surface area contributed by atoms with Gasteiger partial charge in [-0.05, 0) is 130 Å². The van der Waals surface area contributed by atoms with E-state index in [1.807, 2.05) is 12.1 Å². The summed E-state index contributed by atoms with van der Waals surface area (Å²) in [5.74, 6) is 0. The number of hydrogen-bond donors (Lipinski definition) is 0. The molecule has 0 bridgehead atoms. The molecule has 0 aliphatic rings. The maximum Gasteiger partial charge on any atom is 0.136 e. The van der Waals surface area contributed by atoms with Crippen LogP contribution in [0.2, 0.25) is 0 Å². The molecule has 0 radical (unpaired) electrons. The first kappa shape index (κ1) is 31.5. The van der Waals surface area contributed by atoms with E-state index in [0.717, 1.165) is 49.3 Å². The zero-order chi connectivity index (χ0) is 37.9. The minimum Gasteiger partial charge on any atom is -0.456 e. The molecule has 0 atom stereocenters. The lowest BCUT2D eigenvalue weighted by atomic mass is 9.83. The third kappa shape index (κ3) is 4.54. The van der Waals surface area contributed by atoms with Crippen molar-refractivity contribution in [3.05, 3.63) is 194 Å². The Kier molecular flexibility index (Phi) is 6.47. The molecule has 58 heavy (non-hydrogen) atoms. The van der Waals surface area contributed by atoms with Gasteiger partial charge in [0.05, 0.1) is 0 Å². The summed E-state index contributed by atoms with van der Waals surface area (Å²) in [4.78, 5) is 0. The minimum absolute atomic E-state index is 0.872. The van der Waals surface area contributed by atoms with Gasteiger partial charge in [-0.3, -0.25) is 0 Å². The zero-order valence-electron chi connectivity index (χ0n) is 31.3. The zero-order valence-corrected chi connectivity index (χ0v) is 31.3. The first-order valence-electron chi connectivity index (χ1n) is 19.9. The van der Waals surface area contributed by atoms with Crippen LogP contribution in [0.4, 0.5) is 0 Å². The average Bonchev–Trinajstić information content (AvgIpc) is 3.82.